The Morgan fingerprint density at radius 3 is 2.31 bits per heavy atom. The van der Waals surface area contributed by atoms with Crippen LogP contribution in [-0.2, 0) is 9.36 Å². The molecule has 0 amide bonds. The Hall–Kier alpha value is -0.300. The maximum Gasteiger partial charge on any atom is 0.224 e. The van der Waals surface area contributed by atoms with Gasteiger partial charge in [0.05, 0.1) is 0 Å². The van der Waals surface area contributed by atoms with Crippen molar-refractivity contribution >= 4 is 39.9 Å². The molecule has 0 fully saturated rings. The SMILES string of the molecule is Cc1ccc(P(=O)(Cl)CC(C)C(=O)Cl)cc1. The third kappa shape index (κ3) is 3.62. The topological polar surface area (TPSA) is 34.1 Å². The normalized spacial score (nSPS) is 16.5. The van der Waals surface area contributed by atoms with Crippen molar-refractivity contribution in [2.24, 2.45) is 5.92 Å². The monoisotopic (exact) mass is 278 g/mol. The Bertz CT molecular complexity index is 428. The summed E-state index contributed by atoms with van der Waals surface area (Å²) in [5.41, 5.74) is 1.07. The lowest BCUT2D eigenvalue weighted by Gasteiger charge is -2.13. The molecule has 1 rings (SSSR count). The molecule has 0 aliphatic rings. The minimum atomic E-state index is -3.01. The van der Waals surface area contributed by atoms with Crippen molar-refractivity contribution in [1.29, 1.82) is 0 Å². The second-order valence-electron chi connectivity index (χ2n) is 3.87. The van der Waals surface area contributed by atoms with E-state index in [1.807, 2.05) is 19.1 Å². The molecule has 0 spiro atoms. The number of carbonyl (C=O) groups excluding carboxylic acids is 1. The Labute approximate surface area is 105 Å². The van der Waals surface area contributed by atoms with Crippen molar-refractivity contribution < 1.29 is 9.36 Å². The summed E-state index contributed by atoms with van der Waals surface area (Å²) in [7, 11) is 0. The van der Waals surface area contributed by atoms with Gasteiger partial charge in [-0.25, -0.2) is 0 Å². The summed E-state index contributed by atoms with van der Waals surface area (Å²) >= 11 is 11.3. The molecule has 0 heterocycles. The zero-order chi connectivity index (χ0) is 12.3. The van der Waals surface area contributed by atoms with Gasteiger partial charge in [-0.1, -0.05) is 36.8 Å². The van der Waals surface area contributed by atoms with E-state index >= 15 is 0 Å². The predicted octanol–water partition coefficient (Wildman–Crippen LogP) is 3.54. The second-order valence-corrected chi connectivity index (χ2v) is 8.07. The molecule has 1 aromatic carbocycles. The Kier molecular flexibility index (Phi) is 4.61. The van der Waals surface area contributed by atoms with Crippen LogP contribution in [0.2, 0.25) is 0 Å². The van der Waals surface area contributed by atoms with Gasteiger partial charge in [0.15, 0.2) is 6.49 Å². The van der Waals surface area contributed by atoms with E-state index in [4.69, 9.17) is 22.8 Å². The summed E-state index contributed by atoms with van der Waals surface area (Å²) in [4.78, 5) is 10.9. The highest BCUT2D eigenvalue weighted by Gasteiger charge is 2.26. The molecule has 2 nitrogen and oxygen atoms in total. The highest BCUT2D eigenvalue weighted by atomic mass is 35.7. The third-order valence-corrected chi connectivity index (χ3v) is 5.77. The largest absolute Gasteiger partial charge is 0.302 e. The van der Waals surface area contributed by atoms with Gasteiger partial charge in [0.25, 0.3) is 0 Å². The number of halogens is 2. The fourth-order valence-electron chi connectivity index (χ4n) is 1.30. The Morgan fingerprint density at radius 2 is 1.88 bits per heavy atom. The van der Waals surface area contributed by atoms with E-state index < -0.39 is 17.7 Å². The summed E-state index contributed by atoms with van der Waals surface area (Å²) < 4.78 is 12.2. The zero-order valence-corrected chi connectivity index (χ0v) is 11.5. The first-order valence-corrected chi connectivity index (χ1v) is 8.06. The molecule has 0 aromatic heterocycles. The third-order valence-electron chi connectivity index (χ3n) is 2.32. The van der Waals surface area contributed by atoms with Gasteiger partial charge in [-0.05, 0) is 29.8 Å². The Balaban J connectivity index is 2.89. The average Bonchev–Trinajstić information content (AvgIpc) is 2.17. The Morgan fingerprint density at radius 1 is 1.38 bits per heavy atom. The summed E-state index contributed by atoms with van der Waals surface area (Å²) in [6, 6.07) is 7.15. The van der Waals surface area contributed by atoms with Gasteiger partial charge in [0, 0.05) is 17.4 Å². The zero-order valence-electron chi connectivity index (χ0n) is 9.11. The van der Waals surface area contributed by atoms with E-state index in [0.29, 0.717) is 5.30 Å². The molecule has 0 saturated heterocycles. The van der Waals surface area contributed by atoms with Crippen LogP contribution >= 0.6 is 29.3 Å². The van der Waals surface area contributed by atoms with Crippen LogP contribution in [0.5, 0.6) is 0 Å². The van der Waals surface area contributed by atoms with Gasteiger partial charge in [0.2, 0.25) is 5.24 Å². The van der Waals surface area contributed by atoms with Gasteiger partial charge >= 0.3 is 0 Å². The van der Waals surface area contributed by atoms with Crippen molar-refractivity contribution in [1.82, 2.24) is 0 Å². The number of carbonyl (C=O) groups is 1. The fourth-order valence-corrected chi connectivity index (χ4v) is 4.12. The average molecular weight is 279 g/mol. The van der Waals surface area contributed by atoms with Crippen LogP contribution in [0.3, 0.4) is 0 Å². The van der Waals surface area contributed by atoms with Crippen molar-refractivity contribution in [3.8, 4) is 0 Å². The van der Waals surface area contributed by atoms with Gasteiger partial charge in [-0.3, -0.25) is 4.79 Å². The number of hydrogen-bond donors (Lipinski definition) is 0. The van der Waals surface area contributed by atoms with Crippen molar-refractivity contribution in [3.05, 3.63) is 29.8 Å². The van der Waals surface area contributed by atoms with Crippen LogP contribution in [0, 0.1) is 12.8 Å². The number of benzene rings is 1. The first kappa shape index (κ1) is 13.8. The molecule has 0 N–H and O–H groups in total. The molecule has 88 valence electrons. The van der Waals surface area contributed by atoms with Gasteiger partial charge < -0.3 is 4.57 Å². The van der Waals surface area contributed by atoms with Crippen molar-refractivity contribution in [2.45, 2.75) is 13.8 Å². The molecule has 0 aliphatic carbocycles. The van der Waals surface area contributed by atoms with Crippen LogP contribution in [-0.4, -0.2) is 11.4 Å². The predicted molar refractivity (Wildman–Crippen MR) is 69.2 cm³/mol. The van der Waals surface area contributed by atoms with E-state index in [1.165, 1.54) is 0 Å². The van der Waals surface area contributed by atoms with Gasteiger partial charge in [-0.2, -0.15) is 0 Å². The highest BCUT2D eigenvalue weighted by molar-refractivity contribution is 7.95. The molecule has 16 heavy (non-hydrogen) atoms. The maximum atomic E-state index is 12.2. The van der Waals surface area contributed by atoms with E-state index in [-0.39, 0.29) is 6.16 Å². The summed E-state index contributed by atoms with van der Waals surface area (Å²) in [5, 5.41) is 0.0671. The minimum absolute atomic E-state index is 0.0972. The molecule has 0 aliphatic heterocycles. The maximum absolute atomic E-state index is 12.2. The molecular weight excluding hydrogens is 266 g/mol. The van der Waals surface area contributed by atoms with Crippen LogP contribution in [0.4, 0.5) is 0 Å². The standard InChI is InChI=1S/C11H13Cl2O2P/c1-8-3-5-10(6-4-8)16(13,15)7-9(2)11(12)14/h3-6,9H,7H2,1-2H3. The smallest absolute Gasteiger partial charge is 0.224 e. The molecule has 0 bridgehead atoms. The van der Waals surface area contributed by atoms with E-state index in [1.54, 1.807) is 19.1 Å². The van der Waals surface area contributed by atoms with Crippen molar-refractivity contribution in [2.75, 3.05) is 6.16 Å². The van der Waals surface area contributed by atoms with Crippen LogP contribution < -0.4 is 5.30 Å². The van der Waals surface area contributed by atoms with Crippen LogP contribution in [0.1, 0.15) is 12.5 Å². The fraction of sp³-hybridized carbons (Fsp3) is 0.364. The molecule has 0 radical (unpaired) electrons. The lowest BCUT2D eigenvalue weighted by molar-refractivity contribution is -0.114. The van der Waals surface area contributed by atoms with Crippen molar-refractivity contribution in [3.63, 3.8) is 0 Å². The lowest BCUT2D eigenvalue weighted by atomic mass is 10.2. The summed E-state index contributed by atoms with van der Waals surface area (Å²) in [6.07, 6.45) is 0.0972. The van der Waals surface area contributed by atoms with E-state index in [9.17, 15) is 9.36 Å². The van der Waals surface area contributed by atoms with E-state index in [0.717, 1.165) is 5.56 Å². The van der Waals surface area contributed by atoms with E-state index in [2.05, 4.69) is 0 Å². The minimum Gasteiger partial charge on any atom is -0.302 e. The number of aryl methyl sites for hydroxylation is 1. The van der Waals surface area contributed by atoms with Crippen LogP contribution in [0.15, 0.2) is 24.3 Å². The lowest BCUT2D eigenvalue weighted by Crippen LogP contribution is -2.13. The number of rotatable bonds is 4. The molecule has 5 heteroatoms. The van der Waals surface area contributed by atoms with Crippen LogP contribution in [0.25, 0.3) is 0 Å². The number of hydrogen-bond acceptors (Lipinski definition) is 2. The summed E-state index contributed by atoms with van der Waals surface area (Å²) in [5.74, 6) is -0.494. The molecule has 1 aromatic rings. The molecule has 2 atom stereocenters. The molecule has 2 unspecified atom stereocenters. The first-order chi connectivity index (χ1) is 7.33. The second kappa shape index (κ2) is 5.35. The van der Waals surface area contributed by atoms with Gasteiger partial charge in [0.1, 0.15) is 0 Å². The molecular formula is C11H13Cl2O2P. The first-order valence-electron chi connectivity index (χ1n) is 4.88. The highest BCUT2D eigenvalue weighted by Crippen LogP contribution is 2.51. The van der Waals surface area contributed by atoms with Gasteiger partial charge in [-0.15, -0.1) is 0 Å². The summed E-state index contributed by atoms with van der Waals surface area (Å²) in [6.45, 7) is 0.554. The quantitative estimate of drug-likeness (QED) is 0.624. The molecule has 0 saturated carbocycles.